The summed E-state index contributed by atoms with van der Waals surface area (Å²) in [7, 11) is 0. The van der Waals surface area contributed by atoms with Crippen molar-refractivity contribution in [2.75, 3.05) is 0 Å². The Morgan fingerprint density at radius 3 is 3.14 bits per heavy atom. The smallest absolute Gasteiger partial charge is 0.240 e. The number of rotatable bonds is 1. The molecule has 0 atom stereocenters. The van der Waals surface area contributed by atoms with E-state index in [0.29, 0.717) is 11.0 Å². The van der Waals surface area contributed by atoms with E-state index in [4.69, 9.17) is 11.6 Å². The van der Waals surface area contributed by atoms with Crippen LogP contribution in [0.2, 0.25) is 5.28 Å². The molecular weight excluding hydrogens is 202 g/mol. The molecule has 5 heteroatoms. The zero-order valence-electron chi connectivity index (χ0n) is 7.36. The Kier molecular flexibility index (Phi) is 2.08. The Balaban J connectivity index is 2.76. The predicted octanol–water partition coefficient (Wildman–Crippen LogP) is 2.26. The van der Waals surface area contributed by atoms with Crippen molar-refractivity contribution in [3.05, 3.63) is 29.3 Å². The average Bonchev–Trinajstić information content (AvgIpc) is 2.43. The maximum absolute atomic E-state index is 10.1. The summed E-state index contributed by atoms with van der Waals surface area (Å²) in [6.45, 7) is 1.84. The van der Waals surface area contributed by atoms with Crippen molar-refractivity contribution in [3.8, 4) is 0 Å². The molecule has 0 aromatic carbocycles. The molecule has 2 aromatic heterocycles. The molecule has 0 unspecified atom stereocenters. The second-order valence-corrected chi connectivity index (χ2v) is 3.15. The van der Waals surface area contributed by atoms with Crippen molar-refractivity contribution in [1.29, 1.82) is 0 Å². The van der Waals surface area contributed by atoms with Crippen LogP contribution in [0.4, 0.5) is 5.69 Å². The van der Waals surface area contributed by atoms with Crippen LogP contribution < -0.4 is 0 Å². The molecule has 0 fully saturated rings. The summed E-state index contributed by atoms with van der Waals surface area (Å²) in [4.78, 5) is 17.7. The number of pyridine rings is 1. The van der Waals surface area contributed by atoms with E-state index in [0.717, 1.165) is 11.2 Å². The van der Waals surface area contributed by atoms with Crippen molar-refractivity contribution < 1.29 is 4.79 Å². The average molecular weight is 208 g/mol. The highest BCUT2D eigenvalue weighted by molar-refractivity contribution is 6.28. The Morgan fingerprint density at radius 1 is 1.64 bits per heavy atom. The number of halogens is 1. The molecule has 0 aliphatic rings. The quantitative estimate of drug-likeness (QED) is 0.532. The van der Waals surface area contributed by atoms with Crippen LogP contribution in [0.1, 0.15) is 5.69 Å². The van der Waals surface area contributed by atoms with Crippen LogP contribution in [-0.4, -0.2) is 15.5 Å². The van der Waals surface area contributed by atoms with Gasteiger partial charge < -0.3 is 0 Å². The van der Waals surface area contributed by atoms with Gasteiger partial charge in [0.25, 0.3) is 0 Å². The molecule has 0 saturated carbocycles. The van der Waals surface area contributed by atoms with Gasteiger partial charge in [-0.25, -0.2) is 9.78 Å². The highest BCUT2D eigenvalue weighted by atomic mass is 35.5. The van der Waals surface area contributed by atoms with Gasteiger partial charge in [0.15, 0.2) is 0 Å². The van der Waals surface area contributed by atoms with E-state index < -0.39 is 0 Å². The molecule has 0 amide bonds. The third-order valence-electron chi connectivity index (χ3n) is 1.94. The molecule has 2 heterocycles. The molecule has 4 nitrogen and oxygen atoms in total. The molecule has 0 aliphatic heterocycles. The number of isocyanates is 1. The van der Waals surface area contributed by atoms with Crippen LogP contribution in [0.5, 0.6) is 0 Å². The molecule has 0 spiro atoms. The fourth-order valence-electron chi connectivity index (χ4n) is 1.30. The molecule has 0 saturated heterocycles. The van der Waals surface area contributed by atoms with Crippen LogP contribution in [0.25, 0.3) is 5.52 Å². The van der Waals surface area contributed by atoms with Crippen molar-refractivity contribution in [1.82, 2.24) is 9.38 Å². The van der Waals surface area contributed by atoms with Gasteiger partial charge in [0.05, 0.1) is 16.9 Å². The molecular formula is C9H6ClN3O. The number of carbonyl (C=O) groups excluding carboxylic acids is 1. The minimum absolute atomic E-state index is 0.402. The largest absolute Gasteiger partial charge is 0.290 e. The number of fused-ring (bicyclic) bond motifs is 1. The Morgan fingerprint density at radius 2 is 2.43 bits per heavy atom. The number of aromatic nitrogens is 2. The van der Waals surface area contributed by atoms with Gasteiger partial charge in [-0.3, -0.25) is 4.40 Å². The first kappa shape index (κ1) is 8.94. The SMILES string of the molecule is Cc1nc(Cl)n2ccc(N=C=O)cc12. The van der Waals surface area contributed by atoms with Gasteiger partial charge in [-0.2, -0.15) is 4.99 Å². The van der Waals surface area contributed by atoms with E-state index in [-0.39, 0.29) is 0 Å². The van der Waals surface area contributed by atoms with E-state index in [1.807, 2.05) is 6.92 Å². The molecule has 0 radical (unpaired) electrons. The maximum Gasteiger partial charge on any atom is 0.240 e. The highest BCUT2D eigenvalue weighted by Crippen LogP contribution is 2.21. The van der Waals surface area contributed by atoms with Crippen molar-refractivity contribution in [2.24, 2.45) is 4.99 Å². The summed E-state index contributed by atoms with van der Waals surface area (Å²) < 4.78 is 1.72. The van der Waals surface area contributed by atoms with Gasteiger partial charge in [0.1, 0.15) is 0 Å². The third kappa shape index (κ3) is 1.31. The minimum Gasteiger partial charge on any atom is -0.290 e. The van der Waals surface area contributed by atoms with Crippen LogP contribution in [-0.2, 0) is 4.79 Å². The lowest BCUT2D eigenvalue weighted by atomic mass is 10.3. The first-order valence-electron chi connectivity index (χ1n) is 3.94. The van der Waals surface area contributed by atoms with Crippen molar-refractivity contribution >= 4 is 28.9 Å². The van der Waals surface area contributed by atoms with Gasteiger partial charge in [-0.15, -0.1) is 0 Å². The highest BCUT2D eigenvalue weighted by Gasteiger charge is 2.05. The molecule has 2 rings (SSSR count). The number of nitrogens with zero attached hydrogens (tertiary/aromatic N) is 3. The van der Waals surface area contributed by atoms with Crippen molar-refractivity contribution in [2.45, 2.75) is 6.92 Å². The lowest BCUT2D eigenvalue weighted by Gasteiger charge is -1.95. The number of aryl methyl sites for hydroxylation is 1. The maximum atomic E-state index is 10.1. The predicted molar refractivity (Wildman–Crippen MR) is 52.7 cm³/mol. The summed E-state index contributed by atoms with van der Waals surface area (Å²) in [6, 6.07) is 3.41. The van der Waals surface area contributed by atoms with E-state index in [1.165, 1.54) is 6.08 Å². The first-order valence-corrected chi connectivity index (χ1v) is 4.32. The van der Waals surface area contributed by atoms with Crippen LogP contribution in [0.15, 0.2) is 23.3 Å². The summed E-state index contributed by atoms with van der Waals surface area (Å²) in [5.74, 6) is 0. The summed E-state index contributed by atoms with van der Waals surface area (Å²) in [6.07, 6.45) is 3.20. The summed E-state index contributed by atoms with van der Waals surface area (Å²) >= 11 is 5.85. The monoisotopic (exact) mass is 207 g/mol. The topological polar surface area (TPSA) is 46.7 Å². The third-order valence-corrected chi connectivity index (χ3v) is 2.21. The van der Waals surface area contributed by atoms with Gasteiger partial charge in [0.2, 0.25) is 11.4 Å². The van der Waals surface area contributed by atoms with Crippen LogP contribution in [0.3, 0.4) is 0 Å². The van der Waals surface area contributed by atoms with E-state index in [1.54, 1.807) is 22.7 Å². The van der Waals surface area contributed by atoms with E-state index in [2.05, 4.69) is 9.98 Å². The number of imidazole rings is 1. The van der Waals surface area contributed by atoms with E-state index >= 15 is 0 Å². The zero-order chi connectivity index (χ0) is 10.1. The standard InChI is InChI=1S/C9H6ClN3O/c1-6-8-4-7(11-5-14)2-3-13(8)9(10)12-6/h2-4H,1H3. The molecule has 2 aromatic rings. The van der Waals surface area contributed by atoms with E-state index in [9.17, 15) is 4.79 Å². The molecule has 0 bridgehead atoms. The summed E-state index contributed by atoms with van der Waals surface area (Å²) in [5.41, 5.74) is 2.19. The van der Waals surface area contributed by atoms with Crippen LogP contribution >= 0.6 is 11.6 Å². The Labute approximate surface area is 84.9 Å². The number of hydrogen-bond donors (Lipinski definition) is 0. The van der Waals surface area contributed by atoms with Gasteiger partial charge in [-0.05, 0) is 30.7 Å². The minimum atomic E-state index is 0.402. The Hall–Kier alpha value is -1.64. The second-order valence-electron chi connectivity index (χ2n) is 2.81. The van der Waals surface area contributed by atoms with Crippen LogP contribution in [0, 0.1) is 6.92 Å². The lowest BCUT2D eigenvalue weighted by molar-refractivity contribution is 0.565. The van der Waals surface area contributed by atoms with Gasteiger partial charge >= 0.3 is 0 Å². The fraction of sp³-hybridized carbons (Fsp3) is 0.111. The number of hydrogen-bond acceptors (Lipinski definition) is 3. The second kappa shape index (κ2) is 3.25. The molecule has 0 aliphatic carbocycles. The summed E-state index contributed by atoms with van der Waals surface area (Å²) in [5, 5.41) is 0.402. The Bertz CT molecular complexity index is 540. The van der Waals surface area contributed by atoms with Gasteiger partial charge in [0, 0.05) is 6.20 Å². The molecule has 14 heavy (non-hydrogen) atoms. The zero-order valence-corrected chi connectivity index (χ0v) is 8.12. The van der Waals surface area contributed by atoms with Gasteiger partial charge in [-0.1, -0.05) is 0 Å². The lowest BCUT2D eigenvalue weighted by Crippen LogP contribution is -1.82. The fourth-order valence-corrected chi connectivity index (χ4v) is 1.57. The van der Waals surface area contributed by atoms with Crippen molar-refractivity contribution in [3.63, 3.8) is 0 Å². The first-order chi connectivity index (χ1) is 6.72. The number of aliphatic imine (C=N–C) groups is 1. The molecule has 0 N–H and O–H groups in total. The normalized spacial score (nSPS) is 10.1. The molecule has 70 valence electrons.